The summed E-state index contributed by atoms with van der Waals surface area (Å²) in [5.41, 5.74) is 0. The van der Waals surface area contributed by atoms with Gasteiger partial charge in [-0.25, -0.2) is 0 Å². The molecule has 9 N–H and O–H groups in total. The third-order valence-electron chi connectivity index (χ3n) is 9.93. The van der Waals surface area contributed by atoms with Gasteiger partial charge >= 0.3 is 0 Å². The van der Waals surface area contributed by atoms with Crippen molar-refractivity contribution in [2.24, 2.45) is 0 Å². The van der Waals surface area contributed by atoms with E-state index in [0.717, 1.165) is 12.8 Å². The molecule has 2 aliphatic heterocycles. The fourth-order valence-electron chi connectivity index (χ4n) is 6.63. The standard InChI is InChI=1S/C39H71NO13/c1-3-4-5-6-7-8-9-10-11-12-13-14-15-16-17-18-19-20-21-22-23-29(44)28(40-27(2)43)26-50-38-36(49)34(47)37(31(25-42)52-38)53-39-35(48)33(46)32(45)30(24-41)51-39/h18-19,22-23,28-39,41-42,44-49H,3-17,20-21,24-26H2,1-2H3,(H,40,43)/b19-18+,23-22+. The van der Waals surface area contributed by atoms with Gasteiger partial charge in [0.2, 0.25) is 5.91 Å². The Morgan fingerprint density at radius 3 is 1.74 bits per heavy atom. The van der Waals surface area contributed by atoms with Gasteiger partial charge in [-0.2, -0.15) is 0 Å². The molecule has 2 heterocycles. The maximum absolute atomic E-state index is 11.9. The highest BCUT2D eigenvalue weighted by molar-refractivity contribution is 5.73. The van der Waals surface area contributed by atoms with Gasteiger partial charge in [0, 0.05) is 6.92 Å². The van der Waals surface area contributed by atoms with E-state index in [0.29, 0.717) is 6.42 Å². The lowest BCUT2D eigenvalue weighted by molar-refractivity contribution is -0.359. The van der Waals surface area contributed by atoms with Crippen molar-refractivity contribution in [2.45, 2.75) is 197 Å². The monoisotopic (exact) mass is 761 g/mol. The zero-order chi connectivity index (χ0) is 39.0. The molecule has 14 heteroatoms. The smallest absolute Gasteiger partial charge is 0.217 e. The zero-order valence-corrected chi connectivity index (χ0v) is 32.0. The summed E-state index contributed by atoms with van der Waals surface area (Å²) >= 11 is 0. The van der Waals surface area contributed by atoms with E-state index < -0.39 is 92.7 Å². The molecule has 0 aliphatic carbocycles. The number of hydrogen-bond acceptors (Lipinski definition) is 13. The number of allylic oxidation sites excluding steroid dienone is 3. The summed E-state index contributed by atoms with van der Waals surface area (Å²) in [4.78, 5) is 11.9. The van der Waals surface area contributed by atoms with Crippen LogP contribution in [-0.2, 0) is 23.7 Å². The Balaban J connectivity index is 1.68. The molecule has 0 aromatic heterocycles. The number of aliphatic hydroxyl groups is 8. The summed E-state index contributed by atoms with van der Waals surface area (Å²) < 4.78 is 22.1. The minimum Gasteiger partial charge on any atom is -0.394 e. The van der Waals surface area contributed by atoms with Crippen LogP contribution in [0, 0.1) is 0 Å². The summed E-state index contributed by atoms with van der Waals surface area (Å²) in [5, 5.41) is 84.7. The molecule has 12 atom stereocenters. The summed E-state index contributed by atoms with van der Waals surface area (Å²) in [6.45, 7) is 1.79. The topological polar surface area (TPSA) is 228 Å². The normalized spacial score (nSPS) is 30.6. The highest BCUT2D eigenvalue weighted by Gasteiger charge is 2.50. The van der Waals surface area contributed by atoms with Crippen molar-refractivity contribution < 1.29 is 64.6 Å². The molecule has 0 bridgehead atoms. The van der Waals surface area contributed by atoms with Crippen molar-refractivity contribution in [1.82, 2.24) is 5.32 Å². The average Bonchev–Trinajstić information content (AvgIpc) is 3.14. The lowest BCUT2D eigenvalue weighted by atomic mass is 9.97. The van der Waals surface area contributed by atoms with Crippen molar-refractivity contribution in [3.63, 3.8) is 0 Å². The van der Waals surface area contributed by atoms with Crippen LogP contribution in [0.1, 0.15) is 123 Å². The lowest BCUT2D eigenvalue weighted by Gasteiger charge is -2.46. The van der Waals surface area contributed by atoms with E-state index in [1.807, 2.05) is 6.08 Å². The van der Waals surface area contributed by atoms with Crippen LogP contribution in [0.2, 0.25) is 0 Å². The first-order valence-corrected chi connectivity index (χ1v) is 20.0. The Kier molecular flexibility index (Phi) is 25.1. The molecule has 2 saturated heterocycles. The third-order valence-corrected chi connectivity index (χ3v) is 9.93. The number of rotatable bonds is 28. The van der Waals surface area contributed by atoms with Crippen LogP contribution >= 0.6 is 0 Å². The van der Waals surface area contributed by atoms with Crippen molar-refractivity contribution >= 4 is 5.91 Å². The van der Waals surface area contributed by atoms with E-state index in [9.17, 15) is 45.6 Å². The first-order chi connectivity index (χ1) is 25.5. The molecule has 0 radical (unpaired) electrons. The number of carbonyl (C=O) groups excluding carboxylic acids is 1. The Labute approximate surface area is 316 Å². The number of unbranched alkanes of at least 4 members (excludes halogenated alkanes) is 15. The SMILES string of the molecule is CCCCCCCCCCCCCCCC/C=C/CC/C=C/C(O)C(COC1OC(CO)C(OC2OC(CO)C(O)C(O)C2O)C(O)C1O)NC(C)=O. The Hall–Kier alpha value is -1.53. The quantitative estimate of drug-likeness (QED) is 0.0413. The zero-order valence-electron chi connectivity index (χ0n) is 32.0. The van der Waals surface area contributed by atoms with Crippen LogP contribution in [-0.4, -0.2) is 140 Å². The van der Waals surface area contributed by atoms with Crippen molar-refractivity contribution in [1.29, 1.82) is 0 Å². The molecule has 2 rings (SSSR count). The largest absolute Gasteiger partial charge is 0.394 e. The second kappa shape index (κ2) is 28.0. The number of amides is 1. The van der Waals surface area contributed by atoms with Crippen LogP contribution < -0.4 is 5.32 Å². The highest BCUT2D eigenvalue weighted by atomic mass is 16.7. The second-order valence-corrected chi connectivity index (χ2v) is 14.5. The molecule has 2 aliphatic rings. The number of carbonyl (C=O) groups is 1. The maximum atomic E-state index is 11.9. The molecule has 0 aromatic carbocycles. The number of hydrogen-bond donors (Lipinski definition) is 9. The van der Waals surface area contributed by atoms with E-state index in [2.05, 4.69) is 24.4 Å². The Bertz CT molecular complexity index is 998. The molecule has 0 aromatic rings. The molecule has 1 amide bonds. The van der Waals surface area contributed by atoms with E-state index in [-0.39, 0.29) is 6.61 Å². The minimum atomic E-state index is -1.78. The van der Waals surface area contributed by atoms with Gasteiger partial charge in [-0.05, 0) is 25.7 Å². The van der Waals surface area contributed by atoms with Gasteiger partial charge in [-0.15, -0.1) is 0 Å². The molecule has 310 valence electrons. The van der Waals surface area contributed by atoms with Crippen molar-refractivity contribution in [3.8, 4) is 0 Å². The van der Waals surface area contributed by atoms with Gasteiger partial charge < -0.3 is 65.1 Å². The number of nitrogens with one attached hydrogen (secondary N) is 1. The first kappa shape index (κ1) is 47.6. The number of ether oxygens (including phenoxy) is 4. The van der Waals surface area contributed by atoms with Crippen LogP contribution in [0.4, 0.5) is 0 Å². The average molecular weight is 762 g/mol. The third kappa shape index (κ3) is 17.9. The molecule has 12 unspecified atom stereocenters. The predicted octanol–water partition coefficient (Wildman–Crippen LogP) is 2.26. The van der Waals surface area contributed by atoms with Crippen LogP contribution in [0.3, 0.4) is 0 Å². The van der Waals surface area contributed by atoms with E-state index in [1.54, 1.807) is 6.08 Å². The Morgan fingerprint density at radius 1 is 0.660 bits per heavy atom. The lowest BCUT2D eigenvalue weighted by Crippen LogP contribution is -2.65. The summed E-state index contributed by atoms with van der Waals surface area (Å²) in [7, 11) is 0. The summed E-state index contributed by atoms with van der Waals surface area (Å²) in [6.07, 6.45) is 12.0. The molecular formula is C39H71NO13. The predicted molar refractivity (Wildman–Crippen MR) is 198 cm³/mol. The first-order valence-electron chi connectivity index (χ1n) is 20.0. The minimum absolute atomic E-state index is 0.324. The van der Waals surface area contributed by atoms with Gasteiger partial charge in [0.25, 0.3) is 0 Å². The molecule has 0 spiro atoms. The number of aliphatic hydroxyl groups excluding tert-OH is 8. The Morgan fingerprint density at radius 2 is 1.17 bits per heavy atom. The van der Waals surface area contributed by atoms with E-state index in [1.165, 1.54) is 96.8 Å². The molecule has 14 nitrogen and oxygen atoms in total. The fraction of sp³-hybridized carbons (Fsp3) is 0.872. The van der Waals surface area contributed by atoms with Gasteiger partial charge in [0.1, 0.15) is 48.8 Å². The van der Waals surface area contributed by atoms with Crippen molar-refractivity contribution in [3.05, 3.63) is 24.3 Å². The van der Waals surface area contributed by atoms with Crippen molar-refractivity contribution in [2.75, 3.05) is 19.8 Å². The summed E-state index contributed by atoms with van der Waals surface area (Å²) in [6, 6.07) is -0.928. The molecule has 2 fully saturated rings. The maximum Gasteiger partial charge on any atom is 0.217 e. The van der Waals surface area contributed by atoms with Gasteiger partial charge in [0.15, 0.2) is 12.6 Å². The summed E-state index contributed by atoms with van der Waals surface area (Å²) in [5.74, 6) is -0.427. The van der Waals surface area contributed by atoms with Gasteiger partial charge in [-0.1, -0.05) is 115 Å². The van der Waals surface area contributed by atoms with Gasteiger partial charge in [0.05, 0.1) is 32.0 Å². The van der Waals surface area contributed by atoms with E-state index in [4.69, 9.17) is 18.9 Å². The second-order valence-electron chi connectivity index (χ2n) is 14.5. The van der Waals surface area contributed by atoms with Gasteiger partial charge in [-0.3, -0.25) is 4.79 Å². The van der Waals surface area contributed by atoms with Crippen LogP contribution in [0.5, 0.6) is 0 Å². The van der Waals surface area contributed by atoms with Crippen LogP contribution in [0.25, 0.3) is 0 Å². The fourth-order valence-corrected chi connectivity index (χ4v) is 6.63. The molecule has 0 saturated carbocycles. The molecule has 53 heavy (non-hydrogen) atoms. The van der Waals surface area contributed by atoms with Crippen LogP contribution in [0.15, 0.2) is 24.3 Å². The highest BCUT2D eigenvalue weighted by Crippen LogP contribution is 2.29. The van der Waals surface area contributed by atoms with E-state index >= 15 is 0 Å². The molecular weight excluding hydrogens is 690 g/mol.